The van der Waals surface area contributed by atoms with Gasteiger partial charge < -0.3 is 9.15 Å². The third-order valence-electron chi connectivity index (χ3n) is 2.22. The van der Waals surface area contributed by atoms with Gasteiger partial charge in [0.15, 0.2) is 5.56 Å². The molecule has 1 aromatic carbocycles. The van der Waals surface area contributed by atoms with Gasteiger partial charge in [-0.1, -0.05) is 12.1 Å². The molecule has 0 unspecified atom stereocenters. The molecule has 0 aliphatic heterocycles. The zero-order chi connectivity index (χ0) is 12.4. The summed E-state index contributed by atoms with van der Waals surface area (Å²) in [5.41, 5.74) is 0.162. The van der Waals surface area contributed by atoms with E-state index in [2.05, 4.69) is 0 Å². The fourth-order valence-electron chi connectivity index (χ4n) is 1.56. The van der Waals surface area contributed by atoms with E-state index in [0.717, 1.165) is 0 Å². The molecule has 2 aromatic rings. The van der Waals surface area contributed by atoms with Crippen molar-refractivity contribution in [3.05, 3.63) is 39.9 Å². The van der Waals surface area contributed by atoms with Crippen LogP contribution in [0.25, 0.3) is 11.0 Å². The van der Waals surface area contributed by atoms with E-state index in [1.54, 1.807) is 31.2 Å². The summed E-state index contributed by atoms with van der Waals surface area (Å²) in [5, 5.41) is 11.2. The molecule has 0 bridgehead atoms. The van der Waals surface area contributed by atoms with Crippen LogP contribution in [0.3, 0.4) is 0 Å². The summed E-state index contributed by atoms with van der Waals surface area (Å²) < 4.78 is 9.81. The van der Waals surface area contributed by atoms with Gasteiger partial charge >= 0.3 is 11.9 Å². The van der Waals surface area contributed by atoms with E-state index < -0.39 is 16.8 Å². The maximum absolute atomic E-state index is 11.7. The number of esters is 1. The second kappa shape index (κ2) is 4.25. The average molecular weight is 235 g/mol. The monoisotopic (exact) mass is 235 g/mol. The van der Waals surface area contributed by atoms with Crippen molar-refractivity contribution in [2.45, 2.75) is 6.92 Å². The van der Waals surface area contributed by atoms with Crippen molar-refractivity contribution in [3.63, 3.8) is 0 Å². The Kier molecular flexibility index (Phi) is 2.78. The van der Waals surface area contributed by atoms with Gasteiger partial charge in [0.1, 0.15) is 10.5 Å². The molecule has 0 amide bonds. The van der Waals surface area contributed by atoms with Gasteiger partial charge in [-0.15, -0.1) is 0 Å². The van der Waals surface area contributed by atoms with Crippen LogP contribution in [0, 0.1) is 10.1 Å². The lowest BCUT2D eigenvalue weighted by molar-refractivity contribution is -0.401. The van der Waals surface area contributed by atoms with Gasteiger partial charge in [-0.3, -0.25) is 10.1 Å². The number of benzene rings is 1. The minimum Gasteiger partial charge on any atom is -0.462 e. The Morgan fingerprint density at radius 2 is 2.18 bits per heavy atom. The number of hydrogen-bond donors (Lipinski definition) is 0. The molecule has 0 spiro atoms. The van der Waals surface area contributed by atoms with Gasteiger partial charge in [0.2, 0.25) is 0 Å². The van der Waals surface area contributed by atoms with Crippen LogP contribution in [-0.2, 0) is 4.74 Å². The molecule has 0 radical (unpaired) electrons. The summed E-state index contributed by atoms with van der Waals surface area (Å²) in [6.45, 7) is 1.78. The molecule has 1 aromatic heterocycles. The van der Waals surface area contributed by atoms with Crippen LogP contribution in [0.2, 0.25) is 0 Å². The second-order valence-electron chi connectivity index (χ2n) is 3.26. The maximum Gasteiger partial charge on any atom is 0.448 e. The zero-order valence-corrected chi connectivity index (χ0v) is 9.00. The number of para-hydroxylation sites is 1. The van der Waals surface area contributed by atoms with Crippen LogP contribution in [-0.4, -0.2) is 17.5 Å². The second-order valence-corrected chi connectivity index (χ2v) is 3.26. The van der Waals surface area contributed by atoms with Crippen molar-refractivity contribution in [2.24, 2.45) is 0 Å². The van der Waals surface area contributed by atoms with Crippen LogP contribution < -0.4 is 0 Å². The molecule has 17 heavy (non-hydrogen) atoms. The van der Waals surface area contributed by atoms with E-state index in [1.165, 1.54) is 0 Å². The SMILES string of the molecule is CCOC(=O)c1c([N+](=O)[O-])oc2ccccc12. The average Bonchev–Trinajstić information content (AvgIpc) is 2.68. The number of furan rings is 1. The summed E-state index contributed by atoms with van der Waals surface area (Å²) in [4.78, 5) is 21.7. The molecule has 0 atom stereocenters. The van der Waals surface area contributed by atoms with Crippen LogP contribution in [0.15, 0.2) is 28.7 Å². The molecule has 1 heterocycles. The standard InChI is InChI=1S/C11H9NO5/c1-2-16-11(13)9-7-5-3-4-6-8(7)17-10(9)12(14)15/h3-6H,2H2,1H3. The maximum atomic E-state index is 11.7. The number of rotatable bonds is 3. The third kappa shape index (κ3) is 1.84. The Morgan fingerprint density at radius 3 is 2.82 bits per heavy atom. The lowest BCUT2D eigenvalue weighted by atomic mass is 10.1. The Labute approximate surface area is 95.9 Å². The number of nitro groups is 1. The molecule has 0 fully saturated rings. The molecule has 0 aliphatic carbocycles. The van der Waals surface area contributed by atoms with Crippen molar-refractivity contribution in [1.82, 2.24) is 0 Å². The summed E-state index contributed by atoms with van der Waals surface area (Å²) in [6.07, 6.45) is 0. The summed E-state index contributed by atoms with van der Waals surface area (Å²) in [7, 11) is 0. The highest BCUT2D eigenvalue weighted by atomic mass is 16.6. The van der Waals surface area contributed by atoms with E-state index in [-0.39, 0.29) is 12.2 Å². The first-order valence-electron chi connectivity index (χ1n) is 4.98. The molecule has 6 nitrogen and oxygen atoms in total. The third-order valence-corrected chi connectivity index (χ3v) is 2.22. The van der Waals surface area contributed by atoms with E-state index in [4.69, 9.17) is 9.15 Å². The molecule has 0 saturated heterocycles. The van der Waals surface area contributed by atoms with Gasteiger partial charge in [-0.25, -0.2) is 4.79 Å². The minimum atomic E-state index is -0.746. The van der Waals surface area contributed by atoms with E-state index in [1.807, 2.05) is 0 Å². The molecule has 0 N–H and O–H groups in total. The van der Waals surface area contributed by atoms with Crippen LogP contribution in [0.5, 0.6) is 0 Å². The predicted octanol–water partition coefficient (Wildman–Crippen LogP) is 2.52. The highest BCUT2D eigenvalue weighted by Gasteiger charge is 2.30. The van der Waals surface area contributed by atoms with Crippen LogP contribution >= 0.6 is 0 Å². The molecule has 2 rings (SSSR count). The van der Waals surface area contributed by atoms with E-state index in [0.29, 0.717) is 11.0 Å². The van der Waals surface area contributed by atoms with Crippen LogP contribution in [0.1, 0.15) is 17.3 Å². The van der Waals surface area contributed by atoms with Crippen molar-refractivity contribution in [3.8, 4) is 0 Å². The first kappa shape index (κ1) is 11.1. The summed E-state index contributed by atoms with van der Waals surface area (Å²) in [5.74, 6) is -1.33. The molecule has 0 aliphatic rings. The number of fused-ring (bicyclic) bond motifs is 1. The number of hydrogen-bond acceptors (Lipinski definition) is 5. The topological polar surface area (TPSA) is 82.6 Å². The Balaban J connectivity index is 2.68. The van der Waals surface area contributed by atoms with Crippen molar-refractivity contribution >= 4 is 22.8 Å². The van der Waals surface area contributed by atoms with Crippen molar-refractivity contribution in [1.29, 1.82) is 0 Å². The first-order valence-corrected chi connectivity index (χ1v) is 4.98. The molecule has 6 heteroatoms. The lowest BCUT2D eigenvalue weighted by Crippen LogP contribution is -2.06. The Bertz CT molecular complexity index is 587. The number of carbonyl (C=O) groups is 1. The van der Waals surface area contributed by atoms with Gasteiger partial charge in [-0.05, 0) is 19.1 Å². The summed E-state index contributed by atoms with van der Waals surface area (Å²) in [6, 6.07) is 6.48. The molecular formula is C11H9NO5. The van der Waals surface area contributed by atoms with Gasteiger partial charge in [0.05, 0.1) is 6.61 Å². The number of ether oxygens (including phenoxy) is 1. The van der Waals surface area contributed by atoms with Crippen molar-refractivity contribution in [2.75, 3.05) is 6.61 Å². The summed E-state index contributed by atoms with van der Waals surface area (Å²) >= 11 is 0. The highest BCUT2D eigenvalue weighted by molar-refractivity contribution is 6.06. The van der Waals surface area contributed by atoms with Crippen LogP contribution in [0.4, 0.5) is 5.88 Å². The highest BCUT2D eigenvalue weighted by Crippen LogP contribution is 2.31. The fourth-order valence-corrected chi connectivity index (χ4v) is 1.56. The van der Waals surface area contributed by atoms with Gasteiger partial charge in [0, 0.05) is 5.39 Å². The molecule has 0 saturated carbocycles. The Morgan fingerprint density at radius 1 is 1.47 bits per heavy atom. The zero-order valence-electron chi connectivity index (χ0n) is 9.00. The molecule has 88 valence electrons. The molecular weight excluding hydrogens is 226 g/mol. The largest absolute Gasteiger partial charge is 0.462 e. The van der Waals surface area contributed by atoms with E-state index in [9.17, 15) is 14.9 Å². The lowest BCUT2D eigenvalue weighted by Gasteiger charge is -1.97. The van der Waals surface area contributed by atoms with Crippen molar-refractivity contribution < 1.29 is 18.9 Å². The smallest absolute Gasteiger partial charge is 0.448 e. The minimum absolute atomic E-state index is 0.132. The predicted molar refractivity (Wildman–Crippen MR) is 58.8 cm³/mol. The van der Waals surface area contributed by atoms with E-state index >= 15 is 0 Å². The Hall–Kier alpha value is -2.37. The number of carbonyl (C=O) groups excluding carboxylic acids is 1. The quantitative estimate of drug-likeness (QED) is 0.463. The number of nitrogens with zero attached hydrogens (tertiary/aromatic N) is 1. The first-order chi connectivity index (χ1) is 8.15. The van der Waals surface area contributed by atoms with Gasteiger partial charge in [-0.2, -0.15) is 0 Å². The fraction of sp³-hybridized carbons (Fsp3) is 0.182. The van der Waals surface area contributed by atoms with Gasteiger partial charge in [0.25, 0.3) is 0 Å². The normalized spacial score (nSPS) is 10.4.